The van der Waals surface area contributed by atoms with Crippen LogP contribution in [-0.4, -0.2) is 29.8 Å². The number of nitrogens with zero attached hydrogens (tertiary/aromatic N) is 1. The zero-order chi connectivity index (χ0) is 19.3. The minimum Gasteiger partial charge on any atom is -0.357 e. The van der Waals surface area contributed by atoms with E-state index >= 15 is 0 Å². The van der Waals surface area contributed by atoms with Crippen molar-refractivity contribution in [2.45, 2.75) is 39.8 Å². The number of carbonyl (C=O) groups is 2. The molecule has 0 aromatic heterocycles. The first-order valence-electron chi connectivity index (χ1n) is 8.63. The Kier molecular flexibility index (Phi) is 6.98. The molecule has 0 aliphatic rings. The van der Waals surface area contributed by atoms with E-state index in [9.17, 15) is 9.59 Å². The van der Waals surface area contributed by atoms with Crippen LogP contribution in [0.5, 0.6) is 0 Å². The second-order valence-corrected chi connectivity index (χ2v) is 7.46. The Hall–Kier alpha value is -2.14. The Morgan fingerprint density at radius 2 is 1.77 bits per heavy atom. The molecule has 0 fully saturated rings. The number of amides is 2. The quantitative estimate of drug-likeness (QED) is 0.778. The molecule has 26 heavy (non-hydrogen) atoms. The van der Waals surface area contributed by atoms with Gasteiger partial charge in [0, 0.05) is 18.1 Å². The van der Waals surface area contributed by atoms with Crippen molar-refractivity contribution >= 4 is 27.7 Å². The maximum atomic E-state index is 13.0. The fraction of sp³-hybridized carbons (Fsp3) is 0.333. The van der Waals surface area contributed by atoms with Gasteiger partial charge in [0.2, 0.25) is 11.8 Å². The van der Waals surface area contributed by atoms with Crippen LogP contribution in [0.2, 0.25) is 0 Å². The van der Waals surface area contributed by atoms with Crippen molar-refractivity contribution in [3.63, 3.8) is 0 Å². The van der Waals surface area contributed by atoms with Gasteiger partial charge in [-0.2, -0.15) is 0 Å². The predicted molar refractivity (Wildman–Crippen MR) is 108 cm³/mol. The lowest BCUT2D eigenvalue weighted by Gasteiger charge is -2.28. The number of likely N-dealkylation sites (N-methyl/N-ethyl adjacent to an activating group) is 1. The molecule has 1 N–H and O–H groups in total. The van der Waals surface area contributed by atoms with Crippen molar-refractivity contribution in [3.05, 3.63) is 69.2 Å². The minimum atomic E-state index is -0.540. The number of benzene rings is 2. The van der Waals surface area contributed by atoms with Gasteiger partial charge >= 0.3 is 0 Å². The van der Waals surface area contributed by atoms with Gasteiger partial charge in [-0.25, -0.2) is 0 Å². The van der Waals surface area contributed by atoms with Crippen LogP contribution in [0.1, 0.15) is 29.2 Å². The van der Waals surface area contributed by atoms with E-state index in [1.807, 2.05) is 56.3 Å². The van der Waals surface area contributed by atoms with Crippen molar-refractivity contribution in [2.75, 3.05) is 7.05 Å². The van der Waals surface area contributed by atoms with Crippen LogP contribution in [0.15, 0.2) is 46.9 Å². The molecule has 0 radical (unpaired) electrons. The Bertz CT molecular complexity index is 787. The highest BCUT2D eigenvalue weighted by atomic mass is 79.9. The van der Waals surface area contributed by atoms with Crippen LogP contribution < -0.4 is 5.32 Å². The van der Waals surface area contributed by atoms with Crippen LogP contribution in [0.25, 0.3) is 0 Å². The summed E-state index contributed by atoms with van der Waals surface area (Å²) >= 11 is 3.42. The summed E-state index contributed by atoms with van der Waals surface area (Å²) in [7, 11) is 1.59. The van der Waals surface area contributed by atoms with Crippen LogP contribution in [0.3, 0.4) is 0 Å². The van der Waals surface area contributed by atoms with E-state index in [2.05, 4.69) is 21.2 Å². The van der Waals surface area contributed by atoms with Crippen LogP contribution in [0, 0.1) is 13.8 Å². The molecule has 2 amide bonds. The van der Waals surface area contributed by atoms with Crippen LogP contribution >= 0.6 is 15.9 Å². The monoisotopic (exact) mass is 416 g/mol. The normalized spacial score (nSPS) is 11.7. The average Bonchev–Trinajstić information content (AvgIpc) is 2.62. The molecule has 0 heterocycles. The van der Waals surface area contributed by atoms with Gasteiger partial charge in [-0.3, -0.25) is 9.59 Å². The topological polar surface area (TPSA) is 49.4 Å². The zero-order valence-electron chi connectivity index (χ0n) is 15.7. The molecule has 2 rings (SSSR count). The first-order valence-corrected chi connectivity index (χ1v) is 9.42. The van der Waals surface area contributed by atoms with E-state index in [0.29, 0.717) is 6.54 Å². The summed E-state index contributed by atoms with van der Waals surface area (Å²) in [6.45, 7) is 6.17. The molecule has 0 saturated heterocycles. The van der Waals surface area contributed by atoms with Gasteiger partial charge in [0.15, 0.2) is 0 Å². The Balaban J connectivity index is 2.26. The molecule has 0 unspecified atom stereocenters. The smallest absolute Gasteiger partial charge is 0.242 e. The molecule has 0 aliphatic carbocycles. The van der Waals surface area contributed by atoms with Crippen LogP contribution in [0.4, 0.5) is 0 Å². The average molecular weight is 417 g/mol. The van der Waals surface area contributed by atoms with Gasteiger partial charge in [0.25, 0.3) is 0 Å². The first-order chi connectivity index (χ1) is 12.3. The number of hydrogen-bond acceptors (Lipinski definition) is 2. The third-order valence-electron chi connectivity index (χ3n) is 4.53. The summed E-state index contributed by atoms with van der Waals surface area (Å²) < 4.78 is 0.980. The van der Waals surface area contributed by atoms with Gasteiger partial charge in [-0.1, -0.05) is 51.8 Å². The van der Waals surface area contributed by atoms with E-state index in [-0.39, 0.29) is 18.2 Å². The van der Waals surface area contributed by atoms with E-state index in [1.54, 1.807) is 18.9 Å². The molecule has 4 nitrogen and oxygen atoms in total. The second-order valence-electron chi connectivity index (χ2n) is 6.55. The Labute approximate surface area is 163 Å². The van der Waals surface area contributed by atoms with E-state index in [0.717, 1.165) is 26.7 Å². The number of aryl methyl sites for hydroxylation is 2. The first kappa shape index (κ1) is 20.2. The van der Waals surface area contributed by atoms with Crippen molar-refractivity contribution in [2.24, 2.45) is 0 Å². The number of rotatable bonds is 6. The number of halogens is 1. The highest BCUT2D eigenvalue weighted by molar-refractivity contribution is 9.10. The molecular weight excluding hydrogens is 392 g/mol. The molecule has 1 atom stereocenters. The lowest BCUT2D eigenvalue weighted by Crippen LogP contribution is -2.47. The summed E-state index contributed by atoms with van der Waals surface area (Å²) in [5, 5.41) is 2.64. The largest absolute Gasteiger partial charge is 0.357 e. The zero-order valence-corrected chi connectivity index (χ0v) is 17.3. The maximum Gasteiger partial charge on any atom is 0.242 e. The minimum absolute atomic E-state index is 0.0577. The molecule has 0 spiro atoms. The van der Waals surface area contributed by atoms with Gasteiger partial charge in [-0.15, -0.1) is 0 Å². The summed E-state index contributed by atoms with van der Waals surface area (Å²) in [6.07, 6.45) is 0.283. The van der Waals surface area contributed by atoms with Crippen molar-refractivity contribution in [1.82, 2.24) is 10.2 Å². The summed E-state index contributed by atoms with van der Waals surface area (Å²) in [6, 6.07) is 13.4. The van der Waals surface area contributed by atoms with Gasteiger partial charge < -0.3 is 10.2 Å². The molecular formula is C21H25BrN2O2. The molecule has 2 aromatic carbocycles. The van der Waals surface area contributed by atoms with Crippen molar-refractivity contribution in [3.8, 4) is 0 Å². The molecule has 138 valence electrons. The molecule has 2 aromatic rings. The van der Waals surface area contributed by atoms with E-state index in [4.69, 9.17) is 0 Å². The Morgan fingerprint density at radius 3 is 2.38 bits per heavy atom. The highest BCUT2D eigenvalue weighted by Gasteiger charge is 2.25. The summed E-state index contributed by atoms with van der Waals surface area (Å²) in [5.41, 5.74) is 4.19. The van der Waals surface area contributed by atoms with Crippen LogP contribution in [-0.2, 0) is 22.6 Å². The standard InChI is InChI=1S/C21H25BrN2O2/c1-14-5-6-15(2)18(11-14)12-20(25)24(16(3)21(26)23-4)13-17-7-9-19(22)10-8-17/h5-11,16H,12-13H2,1-4H3,(H,23,26)/t16-/m0/s1. The molecule has 0 saturated carbocycles. The molecule has 0 bridgehead atoms. The number of nitrogens with one attached hydrogen (secondary N) is 1. The summed E-state index contributed by atoms with van der Waals surface area (Å²) in [5.74, 6) is -0.228. The maximum absolute atomic E-state index is 13.0. The van der Waals surface area contributed by atoms with E-state index < -0.39 is 6.04 Å². The van der Waals surface area contributed by atoms with Gasteiger partial charge in [0.1, 0.15) is 6.04 Å². The van der Waals surface area contributed by atoms with E-state index in [1.165, 1.54) is 0 Å². The number of carbonyl (C=O) groups excluding carboxylic acids is 2. The summed E-state index contributed by atoms with van der Waals surface area (Å²) in [4.78, 5) is 26.9. The predicted octanol–water partition coefficient (Wildman–Crippen LogP) is 3.77. The molecule has 5 heteroatoms. The van der Waals surface area contributed by atoms with Gasteiger partial charge in [0.05, 0.1) is 6.42 Å². The lowest BCUT2D eigenvalue weighted by molar-refractivity contribution is -0.139. The number of hydrogen-bond donors (Lipinski definition) is 1. The lowest BCUT2D eigenvalue weighted by atomic mass is 10.0. The third-order valence-corrected chi connectivity index (χ3v) is 5.05. The SMILES string of the molecule is CNC(=O)[C@H](C)N(Cc1ccc(Br)cc1)C(=O)Cc1cc(C)ccc1C. The van der Waals surface area contributed by atoms with Crippen molar-refractivity contribution < 1.29 is 9.59 Å². The fourth-order valence-corrected chi connectivity index (χ4v) is 3.10. The fourth-order valence-electron chi connectivity index (χ4n) is 2.83. The van der Waals surface area contributed by atoms with Crippen molar-refractivity contribution in [1.29, 1.82) is 0 Å². The second kappa shape index (κ2) is 8.99. The highest BCUT2D eigenvalue weighted by Crippen LogP contribution is 2.17. The molecule has 0 aliphatic heterocycles. The third kappa shape index (κ3) is 5.18. The van der Waals surface area contributed by atoms with Gasteiger partial charge in [-0.05, 0) is 49.6 Å². The Morgan fingerprint density at radius 1 is 1.12 bits per heavy atom.